The Balaban J connectivity index is 2.47. The van der Waals surface area contributed by atoms with Crippen LogP contribution in [0.15, 0.2) is 18.2 Å². The van der Waals surface area contributed by atoms with E-state index in [4.69, 9.17) is 18.0 Å². The number of carbonyl (C=O) groups is 1. The van der Waals surface area contributed by atoms with Gasteiger partial charge in [0.2, 0.25) is 5.91 Å². The third-order valence-electron chi connectivity index (χ3n) is 2.80. The zero-order chi connectivity index (χ0) is 13.3. The van der Waals surface area contributed by atoms with Crippen LogP contribution in [0.5, 0.6) is 0 Å². The molecule has 1 fully saturated rings. The highest BCUT2D eigenvalue weighted by Crippen LogP contribution is 2.37. The lowest BCUT2D eigenvalue weighted by molar-refractivity contribution is -0.383. The predicted octanol–water partition coefficient (Wildman–Crippen LogP) is 2.23. The molecule has 0 radical (unpaired) electrons. The number of para-hydroxylation sites is 1. The normalized spacial score (nSPS) is 18.8. The summed E-state index contributed by atoms with van der Waals surface area (Å²) < 4.78 is 0. The Bertz CT molecular complexity index is 565. The van der Waals surface area contributed by atoms with Crippen LogP contribution in [0.4, 0.5) is 11.4 Å². The maximum absolute atomic E-state index is 11.8. The predicted molar refractivity (Wildman–Crippen MR) is 67.4 cm³/mol. The largest absolute Gasteiger partial charge is 0.311 e. The summed E-state index contributed by atoms with van der Waals surface area (Å²) in [6.07, 6.45) is 5.48. The molecule has 0 aliphatic carbocycles. The summed E-state index contributed by atoms with van der Waals surface area (Å²) in [6.45, 7) is 0.288. The summed E-state index contributed by atoms with van der Waals surface area (Å²) in [5.74, 6) is 2.06. The molecule has 1 atom stereocenters. The molecule has 0 N–H and O–H groups in total. The van der Waals surface area contributed by atoms with Crippen molar-refractivity contribution in [3.05, 3.63) is 33.3 Å². The second kappa shape index (κ2) is 4.67. The van der Waals surface area contributed by atoms with E-state index in [9.17, 15) is 14.9 Å². The summed E-state index contributed by atoms with van der Waals surface area (Å²) in [5.41, 5.74) is -0.0551. The number of benzene rings is 1. The van der Waals surface area contributed by atoms with Crippen LogP contribution in [0.2, 0.25) is 5.02 Å². The van der Waals surface area contributed by atoms with Crippen molar-refractivity contribution < 1.29 is 9.72 Å². The summed E-state index contributed by atoms with van der Waals surface area (Å²) in [7, 11) is 0. The van der Waals surface area contributed by atoms with Gasteiger partial charge < -0.3 is 4.90 Å². The van der Waals surface area contributed by atoms with Gasteiger partial charge in [0, 0.05) is 18.9 Å². The van der Waals surface area contributed by atoms with E-state index >= 15 is 0 Å². The lowest BCUT2D eigenvalue weighted by Gasteiger charge is -2.16. The first-order valence-electron chi connectivity index (χ1n) is 5.24. The highest BCUT2D eigenvalue weighted by Gasteiger charge is 2.34. The second-order valence-electron chi connectivity index (χ2n) is 3.94. The minimum Gasteiger partial charge on any atom is -0.305 e. The van der Waals surface area contributed by atoms with E-state index in [-0.39, 0.29) is 41.2 Å². The lowest BCUT2D eigenvalue weighted by Crippen LogP contribution is -2.25. The van der Waals surface area contributed by atoms with Crippen molar-refractivity contribution in [1.82, 2.24) is 0 Å². The van der Waals surface area contributed by atoms with E-state index in [1.54, 1.807) is 6.07 Å². The van der Waals surface area contributed by atoms with Gasteiger partial charge in [-0.1, -0.05) is 17.7 Å². The molecule has 92 valence electrons. The van der Waals surface area contributed by atoms with Gasteiger partial charge in [-0.25, -0.2) is 0 Å². The van der Waals surface area contributed by atoms with Crippen LogP contribution in [-0.4, -0.2) is 17.4 Å². The summed E-state index contributed by atoms with van der Waals surface area (Å²) >= 11 is 5.80. The Labute approximate surface area is 108 Å². The summed E-state index contributed by atoms with van der Waals surface area (Å²) in [4.78, 5) is 23.5. The van der Waals surface area contributed by atoms with Crippen LogP contribution in [0.3, 0.4) is 0 Å². The number of nitrogens with zero attached hydrogens (tertiary/aromatic N) is 2. The van der Waals surface area contributed by atoms with Gasteiger partial charge in [0.1, 0.15) is 10.7 Å². The fourth-order valence-electron chi connectivity index (χ4n) is 1.95. The Morgan fingerprint density at radius 1 is 1.56 bits per heavy atom. The van der Waals surface area contributed by atoms with Crippen LogP contribution < -0.4 is 4.90 Å². The fraction of sp³-hybridized carbons (Fsp3) is 0.250. The molecule has 1 aromatic carbocycles. The molecule has 6 heteroatoms. The zero-order valence-corrected chi connectivity index (χ0v) is 10.1. The van der Waals surface area contributed by atoms with E-state index in [1.165, 1.54) is 17.0 Å². The topological polar surface area (TPSA) is 63.5 Å². The minimum absolute atomic E-state index is 0.00876. The lowest BCUT2D eigenvalue weighted by atomic mass is 10.1. The molecule has 1 heterocycles. The van der Waals surface area contributed by atoms with Crippen LogP contribution >= 0.6 is 11.6 Å². The van der Waals surface area contributed by atoms with E-state index in [0.29, 0.717) is 0 Å². The van der Waals surface area contributed by atoms with Crippen molar-refractivity contribution in [3.8, 4) is 12.3 Å². The van der Waals surface area contributed by atoms with Gasteiger partial charge in [-0.05, 0) is 12.1 Å². The molecule has 18 heavy (non-hydrogen) atoms. The molecule has 1 unspecified atom stereocenters. The molecule has 1 aliphatic heterocycles. The number of rotatable bonds is 2. The molecule has 1 aliphatic rings. The van der Waals surface area contributed by atoms with Crippen LogP contribution in [-0.2, 0) is 4.79 Å². The summed E-state index contributed by atoms with van der Waals surface area (Å²) in [5, 5.41) is 11.0. The third kappa shape index (κ3) is 2.03. The summed E-state index contributed by atoms with van der Waals surface area (Å²) in [6, 6.07) is 4.49. The van der Waals surface area contributed by atoms with E-state index < -0.39 is 4.92 Å². The first-order valence-corrected chi connectivity index (χ1v) is 5.61. The maximum atomic E-state index is 11.8. The van der Waals surface area contributed by atoms with Crippen LogP contribution in [0, 0.1) is 28.4 Å². The van der Waals surface area contributed by atoms with E-state index in [1.807, 2.05) is 0 Å². The minimum atomic E-state index is -0.589. The van der Waals surface area contributed by atoms with Gasteiger partial charge in [0.15, 0.2) is 0 Å². The molecule has 0 saturated carbocycles. The molecular weight excluding hydrogens is 256 g/mol. The third-order valence-corrected chi connectivity index (χ3v) is 3.10. The average molecular weight is 265 g/mol. The Kier molecular flexibility index (Phi) is 3.21. The Hall–Kier alpha value is -2.06. The number of amides is 1. The SMILES string of the molecule is C#CC1CC(=O)N(c2cccc(Cl)c2[N+](=O)[O-])C1. The van der Waals surface area contributed by atoms with Crippen molar-refractivity contribution in [1.29, 1.82) is 0 Å². The molecule has 0 bridgehead atoms. The van der Waals surface area contributed by atoms with Crippen LogP contribution in [0.25, 0.3) is 0 Å². The molecule has 0 spiro atoms. The monoisotopic (exact) mass is 264 g/mol. The van der Waals surface area contributed by atoms with Gasteiger partial charge in [0.25, 0.3) is 0 Å². The van der Waals surface area contributed by atoms with Crippen molar-refractivity contribution in [2.75, 3.05) is 11.4 Å². The van der Waals surface area contributed by atoms with Crippen molar-refractivity contribution >= 4 is 28.9 Å². The zero-order valence-electron chi connectivity index (χ0n) is 9.30. The smallest absolute Gasteiger partial charge is 0.305 e. The molecule has 1 aromatic rings. The molecule has 0 aromatic heterocycles. The van der Waals surface area contributed by atoms with Gasteiger partial charge in [-0.3, -0.25) is 14.9 Å². The number of nitro groups is 1. The average Bonchev–Trinajstić information content (AvgIpc) is 2.69. The molecular formula is C12H9ClN2O3. The number of anilines is 1. The van der Waals surface area contributed by atoms with Gasteiger partial charge in [0.05, 0.1) is 4.92 Å². The maximum Gasteiger partial charge on any atom is 0.311 e. The molecule has 1 amide bonds. The van der Waals surface area contributed by atoms with Gasteiger partial charge in [-0.15, -0.1) is 12.3 Å². The number of nitro benzene ring substituents is 1. The van der Waals surface area contributed by atoms with E-state index in [0.717, 1.165) is 0 Å². The first-order chi connectivity index (χ1) is 8.54. The fourth-order valence-corrected chi connectivity index (χ4v) is 2.19. The standard InChI is InChI=1S/C12H9ClN2O3/c1-2-8-6-11(16)14(7-8)10-5-3-4-9(13)12(10)15(17)18/h1,3-5,8H,6-7H2. The van der Waals surface area contributed by atoms with Crippen molar-refractivity contribution in [2.24, 2.45) is 5.92 Å². The molecule has 5 nitrogen and oxygen atoms in total. The van der Waals surface area contributed by atoms with Gasteiger partial charge >= 0.3 is 5.69 Å². The number of hydrogen-bond donors (Lipinski definition) is 0. The van der Waals surface area contributed by atoms with Gasteiger partial charge in [-0.2, -0.15) is 0 Å². The first kappa shape index (κ1) is 12.4. The molecule has 1 saturated heterocycles. The van der Waals surface area contributed by atoms with Crippen molar-refractivity contribution in [3.63, 3.8) is 0 Å². The second-order valence-corrected chi connectivity index (χ2v) is 4.34. The van der Waals surface area contributed by atoms with Crippen LogP contribution in [0.1, 0.15) is 6.42 Å². The highest BCUT2D eigenvalue weighted by atomic mass is 35.5. The number of halogens is 1. The van der Waals surface area contributed by atoms with Crippen molar-refractivity contribution in [2.45, 2.75) is 6.42 Å². The number of hydrogen-bond acceptors (Lipinski definition) is 3. The Morgan fingerprint density at radius 2 is 2.28 bits per heavy atom. The number of carbonyl (C=O) groups excluding carboxylic acids is 1. The Morgan fingerprint density at radius 3 is 2.83 bits per heavy atom. The molecule has 2 rings (SSSR count). The van der Waals surface area contributed by atoms with E-state index in [2.05, 4.69) is 5.92 Å². The quantitative estimate of drug-likeness (QED) is 0.467. The number of terminal acetylenes is 1. The highest BCUT2D eigenvalue weighted by molar-refractivity contribution is 6.33.